The summed E-state index contributed by atoms with van der Waals surface area (Å²) in [7, 11) is 0. The largest absolute Gasteiger partial charge is 0.399 e. The molecule has 0 amide bonds. The van der Waals surface area contributed by atoms with Crippen molar-refractivity contribution < 1.29 is 0 Å². The van der Waals surface area contributed by atoms with Gasteiger partial charge in [-0.3, -0.25) is 0 Å². The predicted molar refractivity (Wildman–Crippen MR) is 70.7 cm³/mol. The van der Waals surface area contributed by atoms with Crippen LogP contribution in [0.4, 0.5) is 11.4 Å². The standard InChI is InChI=1S/C14H22N2/c1-3-14(4-2)8-9-16(11-14)13-7-5-6-12(15)10-13/h5-7,10H,3-4,8-9,11,15H2,1-2H3. The highest BCUT2D eigenvalue weighted by Crippen LogP contribution is 2.39. The van der Waals surface area contributed by atoms with Crippen molar-refractivity contribution in [3.8, 4) is 0 Å². The van der Waals surface area contributed by atoms with Crippen molar-refractivity contribution in [3.63, 3.8) is 0 Å². The first kappa shape index (κ1) is 11.3. The first-order valence-corrected chi connectivity index (χ1v) is 6.29. The molecule has 0 aliphatic carbocycles. The lowest BCUT2D eigenvalue weighted by Crippen LogP contribution is -2.26. The molecule has 1 aromatic rings. The average Bonchev–Trinajstić information content (AvgIpc) is 2.74. The lowest BCUT2D eigenvalue weighted by molar-refractivity contribution is 0.301. The van der Waals surface area contributed by atoms with Gasteiger partial charge >= 0.3 is 0 Å². The Morgan fingerprint density at radius 2 is 2.06 bits per heavy atom. The molecule has 2 N–H and O–H groups in total. The molecule has 1 aromatic carbocycles. The van der Waals surface area contributed by atoms with Crippen LogP contribution in [0.25, 0.3) is 0 Å². The van der Waals surface area contributed by atoms with Gasteiger partial charge in [0.1, 0.15) is 0 Å². The van der Waals surface area contributed by atoms with Crippen LogP contribution in [-0.4, -0.2) is 13.1 Å². The van der Waals surface area contributed by atoms with E-state index in [4.69, 9.17) is 5.73 Å². The SMILES string of the molecule is CCC1(CC)CCN(c2cccc(N)c2)C1. The summed E-state index contributed by atoms with van der Waals surface area (Å²) in [4.78, 5) is 2.48. The molecule has 0 atom stereocenters. The van der Waals surface area contributed by atoms with Gasteiger partial charge in [-0.05, 0) is 42.9 Å². The van der Waals surface area contributed by atoms with E-state index in [9.17, 15) is 0 Å². The zero-order valence-electron chi connectivity index (χ0n) is 10.4. The summed E-state index contributed by atoms with van der Waals surface area (Å²) >= 11 is 0. The number of anilines is 2. The molecule has 1 fully saturated rings. The zero-order chi connectivity index (χ0) is 11.6. The van der Waals surface area contributed by atoms with Crippen molar-refractivity contribution in [3.05, 3.63) is 24.3 Å². The minimum absolute atomic E-state index is 0.532. The number of nitrogen functional groups attached to an aromatic ring is 1. The maximum Gasteiger partial charge on any atom is 0.0387 e. The molecule has 1 saturated heterocycles. The van der Waals surface area contributed by atoms with Crippen molar-refractivity contribution in [1.29, 1.82) is 0 Å². The molecule has 0 radical (unpaired) electrons. The highest BCUT2D eigenvalue weighted by molar-refractivity contribution is 5.56. The van der Waals surface area contributed by atoms with Gasteiger partial charge in [-0.25, -0.2) is 0 Å². The Balaban J connectivity index is 2.14. The number of nitrogens with zero attached hydrogens (tertiary/aromatic N) is 1. The van der Waals surface area contributed by atoms with Crippen LogP contribution in [0.15, 0.2) is 24.3 Å². The quantitative estimate of drug-likeness (QED) is 0.789. The second-order valence-corrected chi connectivity index (χ2v) is 4.97. The lowest BCUT2D eigenvalue weighted by atomic mass is 9.82. The Morgan fingerprint density at radius 1 is 1.31 bits per heavy atom. The molecule has 2 heteroatoms. The molecule has 0 aromatic heterocycles. The molecule has 0 bridgehead atoms. The minimum Gasteiger partial charge on any atom is -0.399 e. The van der Waals surface area contributed by atoms with Gasteiger partial charge in [-0.1, -0.05) is 19.9 Å². The van der Waals surface area contributed by atoms with Crippen LogP contribution in [0.2, 0.25) is 0 Å². The Morgan fingerprint density at radius 3 is 2.62 bits per heavy atom. The van der Waals surface area contributed by atoms with Gasteiger partial charge in [0.25, 0.3) is 0 Å². The second kappa shape index (κ2) is 4.36. The van der Waals surface area contributed by atoms with Gasteiger partial charge in [-0.15, -0.1) is 0 Å². The molecule has 0 saturated carbocycles. The van der Waals surface area contributed by atoms with E-state index in [1.807, 2.05) is 12.1 Å². The van der Waals surface area contributed by atoms with Gasteiger partial charge in [0.15, 0.2) is 0 Å². The molecule has 1 heterocycles. The first-order valence-electron chi connectivity index (χ1n) is 6.29. The first-order chi connectivity index (χ1) is 7.69. The number of benzene rings is 1. The summed E-state index contributed by atoms with van der Waals surface area (Å²) < 4.78 is 0. The van der Waals surface area contributed by atoms with Crippen LogP contribution in [0.3, 0.4) is 0 Å². The maximum absolute atomic E-state index is 5.83. The van der Waals surface area contributed by atoms with E-state index in [1.54, 1.807) is 0 Å². The van der Waals surface area contributed by atoms with Gasteiger partial charge in [0.05, 0.1) is 0 Å². The van der Waals surface area contributed by atoms with Gasteiger partial charge in [-0.2, -0.15) is 0 Å². The van der Waals surface area contributed by atoms with Crippen molar-refractivity contribution >= 4 is 11.4 Å². The average molecular weight is 218 g/mol. The summed E-state index contributed by atoms with van der Waals surface area (Å²) in [6.45, 7) is 6.98. The van der Waals surface area contributed by atoms with Crippen LogP contribution in [0.1, 0.15) is 33.1 Å². The van der Waals surface area contributed by atoms with E-state index in [1.165, 1.54) is 38.0 Å². The monoisotopic (exact) mass is 218 g/mol. The molecule has 2 nitrogen and oxygen atoms in total. The summed E-state index contributed by atoms with van der Waals surface area (Å²) in [6.07, 6.45) is 3.87. The molecule has 88 valence electrons. The highest BCUT2D eigenvalue weighted by Gasteiger charge is 2.34. The van der Waals surface area contributed by atoms with Gasteiger partial charge in [0.2, 0.25) is 0 Å². The molecule has 16 heavy (non-hydrogen) atoms. The van der Waals surface area contributed by atoms with Crippen molar-refractivity contribution in [2.24, 2.45) is 5.41 Å². The third kappa shape index (κ3) is 2.01. The van der Waals surface area contributed by atoms with Crippen LogP contribution in [0.5, 0.6) is 0 Å². The Bertz CT molecular complexity index is 356. The molecule has 1 aliphatic heterocycles. The summed E-state index contributed by atoms with van der Waals surface area (Å²) in [6, 6.07) is 8.24. The van der Waals surface area contributed by atoms with E-state index in [0.717, 1.165) is 5.69 Å². The molecular formula is C14H22N2. The predicted octanol–water partition coefficient (Wildman–Crippen LogP) is 3.29. The fourth-order valence-corrected chi connectivity index (χ4v) is 2.70. The van der Waals surface area contributed by atoms with Gasteiger partial charge in [0, 0.05) is 24.5 Å². The minimum atomic E-state index is 0.532. The second-order valence-electron chi connectivity index (χ2n) is 4.97. The third-order valence-corrected chi connectivity index (χ3v) is 4.17. The Labute approximate surface area is 98.4 Å². The Hall–Kier alpha value is -1.18. The van der Waals surface area contributed by atoms with Crippen molar-refractivity contribution in [2.45, 2.75) is 33.1 Å². The van der Waals surface area contributed by atoms with E-state index in [0.29, 0.717) is 5.41 Å². The molecular weight excluding hydrogens is 196 g/mol. The molecule has 1 aliphatic rings. The number of hydrogen-bond donors (Lipinski definition) is 1. The molecule has 0 unspecified atom stereocenters. The maximum atomic E-state index is 5.83. The van der Waals surface area contributed by atoms with Crippen molar-refractivity contribution in [1.82, 2.24) is 0 Å². The van der Waals surface area contributed by atoms with Crippen LogP contribution >= 0.6 is 0 Å². The number of rotatable bonds is 3. The molecule has 2 rings (SSSR count). The van der Waals surface area contributed by atoms with E-state index in [-0.39, 0.29) is 0 Å². The normalized spacial score (nSPS) is 19.0. The molecule has 0 spiro atoms. The fourth-order valence-electron chi connectivity index (χ4n) is 2.70. The van der Waals surface area contributed by atoms with Crippen LogP contribution in [-0.2, 0) is 0 Å². The summed E-state index contributed by atoms with van der Waals surface area (Å²) in [5.74, 6) is 0. The van der Waals surface area contributed by atoms with Crippen LogP contribution in [0, 0.1) is 5.41 Å². The topological polar surface area (TPSA) is 29.3 Å². The van der Waals surface area contributed by atoms with Crippen LogP contribution < -0.4 is 10.6 Å². The van der Waals surface area contributed by atoms with Crippen molar-refractivity contribution in [2.75, 3.05) is 23.7 Å². The zero-order valence-corrected chi connectivity index (χ0v) is 10.4. The third-order valence-electron chi connectivity index (χ3n) is 4.17. The fraction of sp³-hybridized carbons (Fsp3) is 0.571. The van der Waals surface area contributed by atoms with E-state index >= 15 is 0 Å². The summed E-state index contributed by atoms with van der Waals surface area (Å²) in [5.41, 5.74) is 8.51. The van der Waals surface area contributed by atoms with E-state index < -0.39 is 0 Å². The number of nitrogens with two attached hydrogens (primary N) is 1. The highest BCUT2D eigenvalue weighted by atomic mass is 15.2. The Kier molecular flexibility index (Phi) is 3.08. The smallest absolute Gasteiger partial charge is 0.0387 e. The van der Waals surface area contributed by atoms with E-state index in [2.05, 4.69) is 30.9 Å². The lowest BCUT2D eigenvalue weighted by Gasteiger charge is -2.27. The summed E-state index contributed by atoms with van der Waals surface area (Å²) in [5, 5.41) is 0. The number of hydrogen-bond acceptors (Lipinski definition) is 2. The van der Waals surface area contributed by atoms with Gasteiger partial charge < -0.3 is 10.6 Å².